The summed E-state index contributed by atoms with van der Waals surface area (Å²) in [4.78, 5) is 24.1. The van der Waals surface area contributed by atoms with Gasteiger partial charge in [0.1, 0.15) is 0 Å². The van der Waals surface area contributed by atoms with E-state index in [0.717, 1.165) is 9.99 Å². The van der Waals surface area contributed by atoms with E-state index in [1.807, 2.05) is 18.2 Å². The number of carbonyl (C=O) groups excluding carboxylic acids is 2. The molecule has 1 heterocycles. The normalized spacial score (nSPS) is 12.8. The Morgan fingerprint density at radius 2 is 1.84 bits per heavy atom. The van der Waals surface area contributed by atoms with Crippen LogP contribution in [-0.2, 0) is 9.53 Å². The highest BCUT2D eigenvalue weighted by molar-refractivity contribution is 14.1. The van der Waals surface area contributed by atoms with Crippen LogP contribution in [0.25, 0.3) is 0 Å². The molecular formula is C18H16INO5. The van der Waals surface area contributed by atoms with Gasteiger partial charge in [0.2, 0.25) is 0 Å². The number of anilines is 1. The second-order valence-electron chi connectivity index (χ2n) is 5.32. The van der Waals surface area contributed by atoms with Crippen LogP contribution < -0.4 is 14.8 Å². The topological polar surface area (TPSA) is 73.9 Å². The number of rotatable bonds is 4. The van der Waals surface area contributed by atoms with Gasteiger partial charge in [-0.3, -0.25) is 4.79 Å². The zero-order chi connectivity index (χ0) is 17.6. The van der Waals surface area contributed by atoms with Gasteiger partial charge < -0.3 is 19.5 Å². The van der Waals surface area contributed by atoms with Gasteiger partial charge in [-0.2, -0.15) is 0 Å². The minimum atomic E-state index is -0.589. The number of ether oxygens (including phenoxy) is 3. The Hall–Kier alpha value is -2.29. The summed E-state index contributed by atoms with van der Waals surface area (Å²) in [5.41, 5.74) is 0.992. The Labute approximate surface area is 158 Å². The monoisotopic (exact) mass is 453 g/mol. The molecule has 1 aliphatic heterocycles. The van der Waals surface area contributed by atoms with Gasteiger partial charge in [0.25, 0.3) is 5.91 Å². The number of nitrogens with one attached hydrogen (secondary N) is 1. The molecule has 0 radical (unpaired) electrons. The smallest absolute Gasteiger partial charge is 0.338 e. The maximum absolute atomic E-state index is 12.1. The van der Waals surface area contributed by atoms with Crippen LogP contribution in [0.2, 0.25) is 0 Å². The first-order valence-electron chi connectivity index (χ1n) is 7.74. The number of hydrogen-bond acceptors (Lipinski definition) is 5. The molecule has 0 fully saturated rings. The Morgan fingerprint density at radius 3 is 2.64 bits per heavy atom. The molecule has 0 spiro atoms. The molecule has 0 unspecified atom stereocenters. The summed E-state index contributed by atoms with van der Waals surface area (Å²) in [6, 6.07) is 12.2. The molecule has 130 valence electrons. The lowest BCUT2D eigenvalue weighted by molar-refractivity contribution is -0.119. The molecule has 1 aliphatic rings. The zero-order valence-corrected chi connectivity index (χ0v) is 15.4. The third-order valence-electron chi connectivity index (χ3n) is 3.47. The molecule has 3 rings (SSSR count). The molecule has 0 atom stereocenters. The fourth-order valence-corrected chi connectivity index (χ4v) is 2.78. The van der Waals surface area contributed by atoms with Gasteiger partial charge in [-0.15, -0.1) is 0 Å². The predicted molar refractivity (Wildman–Crippen MR) is 100 cm³/mol. The molecule has 25 heavy (non-hydrogen) atoms. The van der Waals surface area contributed by atoms with Gasteiger partial charge in [0.05, 0.1) is 24.5 Å². The van der Waals surface area contributed by atoms with E-state index in [0.29, 0.717) is 36.0 Å². The van der Waals surface area contributed by atoms with E-state index < -0.39 is 11.9 Å². The van der Waals surface area contributed by atoms with Crippen molar-refractivity contribution in [1.29, 1.82) is 0 Å². The fourth-order valence-electron chi connectivity index (χ4n) is 2.25. The van der Waals surface area contributed by atoms with E-state index in [2.05, 4.69) is 27.9 Å². The highest BCUT2D eigenvalue weighted by Crippen LogP contribution is 2.30. The van der Waals surface area contributed by atoms with Crippen molar-refractivity contribution in [2.24, 2.45) is 0 Å². The molecular weight excluding hydrogens is 437 g/mol. The maximum Gasteiger partial charge on any atom is 0.338 e. The van der Waals surface area contributed by atoms with Crippen molar-refractivity contribution < 1.29 is 23.8 Å². The number of amides is 1. The first-order valence-corrected chi connectivity index (χ1v) is 8.82. The van der Waals surface area contributed by atoms with Crippen LogP contribution in [0.5, 0.6) is 11.5 Å². The first kappa shape index (κ1) is 17.5. The summed E-state index contributed by atoms with van der Waals surface area (Å²) in [5, 5.41) is 2.71. The van der Waals surface area contributed by atoms with Crippen molar-refractivity contribution in [3.05, 3.63) is 51.6 Å². The minimum absolute atomic E-state index is 0.311. The number of para-hydroxylation sites is 1. The lowest BCUT2D eigenvalue weighted by Gasteiger charge is -2.10. The van der Waals surface area contributed by atoms with Gasteiger partial charge >= 0.3 is 5.97 Å². The van der Waals surface area contributed by atoms with Crippen LogP contribution in [0.15, 0.2) is 42.5 Å². The quantitative estimate of drug-likeness (QED) is 0.569. The molecule has 2 aromatic carbocycles. The largest absolute Gasteiger partial charge is 0.490 e. The Kier molecular flexibility index (Phi) is 5.75. The van der Waals surface area contributed by atoms with Gasteiger partial charge in [0, 0.05) is 9.99 Å². The van der Waals surface area contributed by atoms with Crippen LogP contribution in [-0.4, -0.2) is 31.7 Å². The molecule has 0 saturated heterocycles. The van der Waals surface area contributed by atoms with Gasteiger partial charge in [0.15, 0.2) is 18.1 Å². The van der Waals surface area contributed by atoms with Crippen molar-refractivity contribution in [2.75, 3.05) is 25.1 Å². The molecule has 6 nitrogen and oxygen atoms in total. The van der Waals surface area contributed by atoms with Gasteiger partial charge in [-0.25, -0.2) is 4.79 Å². The highest BCUT2D eigenvalue weighted by Gasteiger charge is 2.16. The van der Waals surface area contributed by atoms with E-state index in [-0.39, 0.29) is 6.61 Å². The number of hydrogen-bond donors (Lipinski definition) is 1. The van der Waals surface area contributed by atoms with E-state index in [1.165, 1.54) is 0 Å². The van der Waals surface area contributed by atoms with E-state index >= 15 is 0 Å². The fraction of sp³-hybridized carbons (Fsp3) is 0.222. The van der Waals surface area contributed by atoms with Gasteiger partial charge in [-0.1, -0.05) is 12.1 Å². The average Bonchev–Trinajstić information content (AvgIpc) is 2.86. The number of fused-ring (bicyclic) bond motifs is 1. The van der Waals surface area contributed by atoms with Crippen LogP contribution in [0.4, 0.5) is 5.69 Å². The average molecular weight is 453 g/mol. The van der Waals surface area contributed by atoms with Gasteiger partial charge in [-0.05, 0) is 52.9 Å². The summed E-state index contributed by atoms with van der Waals surface area (Å²) >= 11 is 2.12. The Bertz CT molecular complexity index is 793. The molecule has 0 aliphatic carbocycles. The number of esters is 1. The SMILES string of the molecule is O=C(COC(=O)c1ccc2c(c1)OCCCO2)Nc1ccccc1I. The Balaban J connectivity index is 1.58. The zero-order valence-electron chi connectivity index (χ0n) is 13.3. The van der Waals surface area contributed by atoms with Crippen molar-refractivity contribution in [1.82, 2.24) is 0 Å². The standard InChI is InChI=1S/C18H16INO5/c19-13-4-1-2-5-14(13)20-17(21)11-25-18(22)12-6-7-15-16(10-12)24-9-3-8-23-15/h1-2,4-7,10H,3,8-9,11H2,(H,20,21). The maximum atomic E-state index is 12.1. The highest BCUT2D eigenvalue weighted by atomic mass is 127. The van der Waals surface area contributed by atoms with Crippen LogP contribution in [0.3, 0.4) is 0 Å². The molecule has 1 amide bonds. The van der Waals surface area contributed by atoms with Crippen molar-refractivity contribution in [3.63, 3.8) is 0 Å². The summed E-state index contributed by atoms with van der Waals surface area (Å²) in [6.45, 7) is 0.747. The van der Waals surface area contributed by atoms with Crippen LogP contribution in [0, 0.1) is 3.57 Å². The molecule has 2 aromatic rings. The summed E-state index contributed by atoms with van der Waals surface area (Å²) in [5.74, 6) is 0.126. The molecule has 0 bridgehead atoms. The van der Waals surface area contributed by atoms with E-state index in [4.69, 9.17) is 14.2 Å². The number of carbonyl (C=O) groups is 2. The summed E-state index contributed by atoms with van der Waals surface area (Å²) in [7, 11) is 0. The minimum Gasteiger partial charge on any atom is -0.490 e. The first-order chi connectivity index (χ1) is 12.1. The number of benzene rings is 2. The second kappa shape index (κ2) is 8.19. The van der Waals surface area contributed by atoms with Crippen molar-refractivity contribution in [3.8, 4) is 11.5 Å². The van der Waals surface area contributed by atoms with Crippen molar-refractivity contribution in [2.45, 2.75) is 6.42 Å². The Morgan fingerprint density at radius 1 is 1.08 bits per heavy atom. The van der Waals surface area contributed by atoms with E-state index in [9.17, 15) is 9.59 Å². The lowest BCUT2D eigenvalue weighted by Crippen LogP contribution is -2.21. The molecule has 1 N–H and O–H groups in total. The summed E-state index contributed by atoms with van der Waals surface area (Å²) < 4.78 is 17.0. The molecule has 0 aromatic heterocycles. The van der Waals surface area contributed by atoms with Crippen molar-refractivity contribution >= 4 is 40.2 Å². The predicted octanol–water partition coefficient (Wildman–Crippen LogP) is 3.25. The third kappa shape index (κ3) is 4.62. The van der Waals surface area contributed by atoms with Crippen LogP contribution >= 0.6 is 22.6 Å². The second-order valence-corrected chi connectivity index (χ2v) is 6.48. The summed E-state index contributed by atoms with van der Waals surface area (Å²) in [6.07, 6.45) is 0.785. The molecule has 0 saturated carbocycles. The van der Waals surface area contributed by atoms with E-state index in [1.54, 1.807) is 24.3 Å². The third-order valence-corrected chi connectivity index (χ3v) is 4.41. The number of halogens is 1. The molecule has 7 heteroatoms. The lowest BCUT2D eigenvalue weighted by atomic mass is 10.2. The van der Waals surface area contributed by atoms with Crippen LogP contribution in [0.1, 0.15) is 16.8 Å².